The molecule has 104 valence electrons. The van der Waals surface area contributed by atoms with Gasteiger partial charge >= 0.3 is 6.18 Å². The number of nitrogens with one attached hydrogen (secondary N) is 1. The first-order valence-electron chi connectivity index (χ1n) is 5.60. The number of aromatic nitrogens is 3. The van der Waals surface area contributed by atoms with Gasteiger partial charge in [-0.15, -0.1) is 0 Å². The Labute approximate surface area is 112 Å². The van der Waals surface area contributed by atoms with Crippen LogP contribution in [0, 0.1) is 11.3 Å². The molecule has 0 saturated carbocycles. The minimum Gasteiger partial charge on any atom is -0.378 e. The summed E-state index contributed by atoms with van der Waals surface area (Å²) in [5.41, 5.74) is -1.09. The third-order valence-corrected chi connectivity index (χ3v) is 2.70. The van der Waals surface area contributed by atoms with Gasteiger partial charge in [-0.1, -0.05) is 0 Å². The molecular formula is C12H10F3N5. The van der Waals surface area contributed by atoms with E-state index in [1.807, 2.05) is 0 Å². The summed E-state index contributed by atoms with van der Waals surface area (Å²) in [6, 6.07) is 5.01. The number of anilines is 1. The molecule has 1 aromatic heterocycles. The summed E-state index contributed by atoms with van der Waals surface area (Å²) in [4.78, 5) is 3.95. The zero-order valence-electron chi connectivity index (χ0n) is 10.4. The Hall–Kier alpha value is -2.56. The highest BCUT2D eigenvalue weighted by Crippen LogP contribution is 2.33. The first kappa shape index (κ1) is 13.9. The van der Waals surface area contributed by atoms with Gasteiger partial charge in [-0.25, -0.2) is 4.98 Å². The summed E-state index contributed by atoms with van der Waals surface area (Å²) < 4.78 is 39.9. The highest BCUT2D eigenvalue weighted by Gasteiger charge is 2.33. The lowest BCUT2D eigenvalue weighted by atomic mass is 10.1. The first-order valence-corrected chi connectivity index (χ1v) is 5.60. The van der Waals surface area contributed by atoms with E-state index >= 15 is 0 Å². The molecule has 0 bridgehead atoms. The molecule has 2 aromatic rings. The van der Waals surface area contributed by atoms with Gasteiger partial charge in [0, 0.05) is 12.7 Å². The van der Waals surface area contributed by atoms with Crippen molar-refractivity contribution >= 4 is 5.69 Å². The van der Waals surface area contributed by atoms with Crippen molar-refractivity contribution in [3.05, 3.63) is 41.5 Å². The predicted molar refractivity (Wildman–Crippen MR) is 64.5 cm³/mol. The number of hydrogen-bond donors (Lipinski definition) is 1. The van der Waals surface area contributed by atoms with Crippen LogP contribution in [0.1, 0.15) is 17.0 Å². The summed E-state index contributed by atoms with van der Waals surface area (Å²) in [6.45, 7) is 0.236. The topological polar surface area (TPSA) is 66.5 Å². The maximum atomic E-state index is 12.8. The monoisotopic (exact) mass is 281 g/mol. The number of nitriles is 1. The second kappa shape index (κ2) is 5.21. The van der Waals surface area contributed by atoms with E-state index in [1.54, 1.807) is 7.05 Å². The summed E-state index contributed by atoms with van der Waals surface area (Å²) in [5, 5.41) is 15.4. The van der Waals surface area contributed by atoms with E-state index in [-0.39, 0.29) is 12.2 Å². The van der Waals surface area contributed by atoms with E-state index in [4.69, 9.17) is 5.26 Å². The molecule has 0 saturated heterocycles. The second-order valence-electron chi connectivity index (χ2n) is 4.02. The van der Waals surface area contributed by atoms with Crippen LogP contribution < -0.4 is 5.32 Å². The number of hydrogen-bond acceptors (Lipinski definition) is 4. The molecule has 20 heavy (non-hydrogen) atoms. The molecule has 1 N–H and O–H groups in total. The molecule has 0 amide bonds. The van der Waals surface area contributed by atoms with Gasteiger partial charge < -0.3 is 5.32 Å². The van der Waals surface area contributed by atoms with Crippen molar-refractivity contribution in [3.63, 3.8) is 0 Å². The quantitative estimate of drug-likeness (QED) is 0.937. The lowest BCUT2D eigenvalue weighted by Gasteiger charge is -2.12. The SMILES string of the molecule is Cn1ncnc1CNc1ccc(C#N)c(C(F)(F)F)c1. The van der Waals surface area contributed by atoms with E-state index < -0.39 is 17.3 Å². The van der Waals surface area contributed by atoms with Crippen LogP contribution in [0.4, 0.5) is 18.9 Å². The third-order valence-electron chi connectivity index (χ3n) is 2.70. The summed E-state index contributed by atoms with van der Waals surface area (Å²) in [5.74, 6) is 0.586. The number of nitrogens with zero attached hydrogens (tertiary/aromatic N) is 4. The van der Waals surface area contributed by atoms with Crippen molar-refractivity contribution in [1.82, 2.24) is 14.8 Å². The zero-order chi connectivity index (χ0) is 14.8. The molecule has 0 fully saturated rings. The summed E-state index contributed by atoms with van der Waals surface area (Å²) >= 11 is 0. The molecule has 0 radical (unpaired) electrons. The lowest BCUT2D eigenvalue weighted by molar-refractivity contribution is -0.137. The van der Waals surface area contributed by atoms with E-state index in [1.165, 1.54) is 23.1 Å². The van der Waals surface area contributed by atoms with Gasteiger partial charge in [0.05, 0.1) is 23.7 Å². The minimum atomic E-state index is -4.56. The van der Waals surface area contributed by atoms with Crippen molar-refractivity contribution in [2.75, 3.05) is 5.32 Å². The van der Waals surface area contributed by atoms with E-state index in [2.05, 4.69) is 15.4 Å². The standard InChI is InChI=1S/C12H10F3N5/c1-20-11(18-7-19-20)6-17-9-3-2-8(5-16)10(4-9)12(13,14)15/h2-4,7,17H,6H2,1H3. The van der Waals surface area contributed by atoms with Crippen LogP contribution in [0.2, 0.25) is 0 Å². The molecule has 0 aliphatic rings. The Bertz CT molecular complexity index is 654. The molecule has 1 aromatic carbocycles. The highest BCUT2D eigenvalue weighted by molar-refractivity contribution is 5.53. The van der Waals surface area contributed by atoms with Gasteiger partial charge in [0.1, 0.15) is 12.2 Å². The summed E-state index contributed by atoms with van der Waals surface area (Å²) in [7, 11) is 1.68. The maximum absolute atomic E-state index is 12.8. The van der Waals surface area contributed by atoms with Crippen LogP contribution in [-0.4, -0.2) is 14.8 Å². The van der Waals surface area contributed by atoms with Crippen molar-refractivity contribution < 1.29 is 13.2 Å². The molecule has 5 nitrogen and oxygen atoms in total. The van der Waals surface area contributed by atoms with Gasteiger partial charge in [-0.05, 0) is 18.2 Å². The Balaban J connectivity index is 2.22. The van der Waals surface area contributed by atoms with Gasteiger partial charge in [-0.2, -0.15) is 23.5 Å². The van der Waals surface area contributed by atoms with Gasteiger partial charge in [0.25, 0.3) is 0 Å². The number of benzene rings is 1. The Morgan fingerprint density at radius 3 is 2.70 bits per heavy atom. The average molecular weight is 281 g/mol. The van der Waals surface area contributed by atoms with Crippen LogP contribution in [0.25, 0.3) is 0 Å². The molecule has 8 heteroatoms. The maximum Gasteiger partial charge on any atom is 0.417 e. The minimum absolute atomic E-state index is 0.236. The summed E-state index contributed by atoms with van der Waals surface area (Å²) in [6.07, 6.45) is -3.20. The predicted octanol–water partition coefficient (Wildman–Crippen LogP) is 2.32. The fourth-order valence-corrected chi connectivity index (χ4v) is 1.65. The van der Waals surface area contributed by atoms with Gasteiger partial charge in [0.15, 0.2) is 0 Å². The van der Waals surface area contributed by atoms with Crippen LogP contribution in [0.3, 0.4) is 0 Å². The molecule has 0 aliphatic heterocycles. The van der Waals surface area contributed by atoms with Crippen LogP contribution >= 0.6 is 0 Å². The molecule has 0 aliphatic carbocycles. The fraction of sp³-hybridized carbons (Fsp3) is 0.250. The molecule has 1 heterocycles. The highest BCUT2D eigenvalue weighted by atomic mass is 19.4. The Morgan fingerprint density at radius 2 is 2.15 bits per heavy atom. The normalized spacial score (nSPS) is 11.2. The number of alkyl halides is 3. The smallest absolute Gasteiger partial charge is 0.378 e. The van der Waals surface area contributed by atoms with E-state index in [0.29, 0.717) is 5.82 Å². The largest absolute Gasteiger partial charge is 0.417 e. The zero-order valence-corrected chi connectivity index (χ0v) is 10.4. The van der Waals surface area contributed by atoms with Crippen molar-refractivity contribution in [2.45, 2.75) is 12.7 Å². The van der Waals surface area contributed by atoms with Crippen molar-refractivity contribution in [2.24, 2.45) is 7.05 Å². The number of halogens is 3. The molecule has 0 atom stereocenters. The number of rotatable bonds is 3. The van der Waals surface area contributed by atoms with Crippen molar-refractivity contribution in [1.29, 1.82) is 5.26 Å². The van der Waals surface area contributed by atoms with Gasteiger partial charge in [-0.3, -0.25) is 4.68 Å². The molecule has 0 spiro atoms. The molecular weight excluding hydrogens is 271 g/mol. The second-order valence-corrected chi connectivity index (χ2v) is 4.02. The van der Waals surface area contributed by atoms with Crippen LogP contribution in [0.15, 0.2) is 24.5 Å². The average Bonchev–Trinajstić information content (AvgIpc) is 2.80. The van der Waals surface area contributed by atoms with E-state index in [9.17, 15) is 13.2 Å². The molecule has 0 unspecified atom stereocenters. The number of aryl methyl sites for hydroxylation is 1. The molecule has 2 rings (SSSR count). The Kier molecular flexibility index (Phi) is 3.61. The van der Waals surface area contributed by atoms with Crippen molar-refractivity contribution in [3.8, 4) is 6.07 Å². The van der Waals surface area contributed by atoms with Crippen LogP contribution in [0.5, 0.6) is 0 Å². The Morgan fingerprint density at radius 1 is 1.40 bits per heavy atom. The lowest BCUT2D eigenvalue weighted by Crippen LogP contribution is -2.10. The fourth-order valence-electron chi connectivity index (χ4n) is 1.65. The third kappa shape index (κ3) is 2.88. The van der Waals surface area contributed by atoms with Crippen LogP contribution in [-0.2, 0) is 19.8 Å². The first-order chi connectivity index (χ1) is 9.41. The van der Waals surface area contributed by atoms with E-state index in [0.717, 1.165) is 12.1 Å². The van der Waals surface area contributed by atoms with Gasteiger partial charge in [0.2, 0.25) is 0 Å².